The van der Waals surface area contributed by atoms with E-state index in [9.17, 15) is 14.9 Å². The summed E-state index contributed by atoms with van der Waals surface area (Å²) >= 11 is 3.31. The highest BCUT2D eigenvalue weighted by atomic mass is 79.9. The molecule has 5 heteroatoms. The first-order chi connectivity index (χ1) is 10.1. The van der Waals surface area contributed by atoms with Crippen molar-refractivity contribution in [1.82, 2.24) is 0 Å². The van der Waals surface area contributed by atoms with Crippen LogP contribution in [-0.4, -0.2) is 17.3 Å². The standard InChI is InChI=1S/C16H14BrNO3/c17-15-8-6-13(7-9-15)16(19)10-14(11-18(20)21)12-4-2-1-3-5-12/h1-9,14H,10-11H2/t14-/m1/s1. The van der Waals surface area contributed by atoms with Crippen molar-refractivity contribution >= 4 is 21.7 Å². The predicted molar refractivity (Wildman–Crippen MR) is 84.1 cm³/mol. The SMILES string of the molecule is O=C(C[C@H](C[N+](=O)[O-])c1ccccc1)c1ccc(Br)cc1. The van der Waals surface area contributed by atoms with Crippen LogP contribution in [0.15, 0.2) is 59.1 Å². The molecule has 0 aliphatic heterocycles. The van der Waals surface area contributed by atoms with Gasteiger partial charge in [-0.25, -0.2) is 0 Å². The number of ketones is 1. The molecule has 0 bridgehead atoms. The molecule has 0 unspecified atom stereocenters. The van der Waals surface area contributed by atoms with E-state index in [0.29, 0.717) is 5.56 Å². The molecule has 0 fully saturated rings. The Morgan fingerprint density at radius 3 is 2.29 bits per heavy atom. The third-order valence-corrected chi connectivity index (χ3v) is 3.77. The number of nitro groups is 1. The van der Waals surface area contributed by atoms with Gasteiger partial charge in [0.15, 0.2) is 5.78 Å². The number of hydrogen-bond acceptors (Lipinski definition) is 3. The van der Waals surface area contributed by atoms with Crippen LogP contribution in [0, 0.1) is 10.1 Å². The van der Waals surface area contributed by atoms with Crippen molar-refractivity contribution in [3.63, 3.8) is 0 Å². The summed E-state index contributed by atoms with van der Waals surface area (Å²) < 4.78 is 0.893. The monoisotopic (exact) mass is 347 g/mol. The lowest BCUT2D eigenvalue weighted by molar-refractivity contribution is -0.483. The third-order valence-electron chi connectivity index (χ3n) is 3.24. The van der Waals surface area contributed by atoms with Crippen LogP contribution in [0.1, 0.15) is 28.3 Å². The maximum absolute atomic E-state index is 12.3. The van der Waals surface area contributed by atoms with E-state index in [0.717, 1.165) is 10.0 Å². The van der Waals surface area contributed by atoms with Crippen molar-refractivity contribution in [3.8, 4) is 0 Å². The van der Waals surface area contributed by atoms with Crippen LogP contribution in [0.4, 0.5) is 0 Å². The van der Waals surface area contributed by atoms with Gasteiger partial charge in [0.1, 0.15) is 0 Å². The summed E-state index contributed by atoms with van der Waals surface area (Å²) in [6.07, 6.45) is 0.132. The zero-order valence-electron chi connectivity index (χ0n) is 11.2. The van der Waals surface area contributed by atoms with Crippen LogP contribution in [-0.2, 0) is 0 Å². The molecule has 108 valence electrons. The Hall–Kier alpha value is -2.01. The summed E-state index contributed by atoms with van der Waals surface area (Å²) in [6, 6.07) is 16.2. The molecule has 0 saturated carbocycles. The maximum atomic E-state index is 12.3. The van der Waals surface area contributed by atoms with Crippen LogP contribution in [0.3, 0.4) is 0 Å². The number of Topliss-reactive ketones (excluding diaryl/α,β-unsaturated/α-hetero) is 1. The molecular weight excluding hydrogens is 334 g/mol. The highest BCUT2D eigenvalue weighted by Gasteiger charge is 2.22. The number of carbonyl (C=O) groups is 1. The second kappa shape index (κ2) is 7.13. The number of benzene rings is 2. The molecule has 0 amide bonds. The molecule has 0 spiro atoms. The molecule has 0 saturated heterocycles. The quantitative estimate of drug-likeness (QED) is 0.449. The fourth-order valence-corrected chi connectivity index (χ4v) is 2.43. The van der Waals surface area contributed by atoms with Crippen LogP contribution in [0.5, 0.6) is 0 Å². The first-order valence-corrected chi connectivity index (χ1v) is 7.31. The van der Waals surface area contributed by atoms with Crippen molar-refractivity contribution in [3.05, 3.63) is 80.3 Å². The molecule has 0 aliphatic carbocycles. The van der Waals surface area contributed by atoms with Gasteiger partial charge in [0.05, 0.1) is 5.92 Å². The van der Waals surface area contributed by atoms with Crippen molar-refractivity contribution in [1.29, 1.82) is 0 Å². The summed E-state index contributed by atoms with van der Waals surface area (Å²) in [7, 11) is 0. The van der Waals surface area contributed by atoms with Gasteiger partial charge in [-0.15, -0.1) is 0 Å². The van der Waals surface area contributed by atoms with Crippen molar-refractivity contribution in [2.45, 2.75) is 12.3 Å². The second-order valence-electron chi connectivity index (χ2n) is 4.76. The summed E-state index contributed by atoms with van der Waals surface area (Å²) in [4.78, 5) is 22.7. The zero-order chi connectivity index (χ0) is 15.2. The Morgan fingerprint density at radius 2 is 1.71 bits per heavy atom. The lowest BCUT2D eigenvalue weighted by atomic mass is 9.91. The van der Waals surface area contributed by atoms with Crippen LogP contribution in [0.2, 0.25) is 0 Å². The minimum atomic E-state index is -0.405. The van der Waals surface area contributed by atoms with Gasteiger partial charge < -0.3 is 0 Å². The Balaban J connectivity index is 2.17. The van der Waals surface area contributed by atoms with Gasteiger partial charge >= 0.3 is 0 Å². The summed E-state index contributed by atoms with van der Waals surface area (Å²) in [6.45, 7) is -0.244. The van der Waals surface area contributed by atoms with Crippen molar-refractivity contribution < 1.29 is 9.72 Å². The molecule has 1 atom stereocenters. The van der Waals surface area contributed by atoms with Crippen LogP contribution < -0.4 is 0 Å². The molecule has 0 heterocycles. The minimum Gasteiger partial charge on any atom is -0.294 e. The van der Waals surface area contributed by atoms with Crippen molar-refractivity contribution in [2.24, 2.45) is 0 Å². The molecule has 0 aliphatic rings. The van der Waals surface area contributed by atoms with E-state index in [2.05, 4.69) is 15.9 Å². The van der Waals surface area contributed by atoms with E-state index < -0.39 is 5.92 Å². The number of hydrogen-bond donors (Lipinski definition) is 0. The lowest BCUT2D eigenvalue weighted by Crippen LogP contribution is -2.16. The maximum Gasteiger partial charge on any atom is 0.211 e. The smallest absolute Gasteiger partial charge is 0.211 e. The predicted octanol–water partition coefficient (Wildman–Crippen LogP) is 4.08. The summed E-state index contributed by atoms with van der Waals surface area (Å²) in [5, 5.41) is 10.8. The van der Waals surface area contributed by atoms with Gasteiger partial charge in [-0.2, -0.15) is 0 Å². The average molecular weight is 348 g/mol. The lowest BCUT2D eigenvalue weighted by Gasteiger charge is -2.12. The highest BCUT2D eigenvalue weighted by molar-refractivity contribution is 9.10. The molecule has 21 heavy (non-hydrogen) atoms. The van der Waals surface area contributed by atoms with Crippen LogP contribution in [0.25, 0.3) is 0 Å². The second-order valence-corrected chi connectivity index (χ2v) is 5.67. The van der Waals surface area contributed by atoms with E-state index in [-0.39, 0.29) is 23.7 Å². The fourth-order valence-electron chi connectivity index (χ4n) is 2.17. The van der Waals surface area contributed by atoms with Crippen molar-refractivity contribution in [2.75, 3.05) is 6.54 Å². The highest BCUT2D eigenvalue weighted by Crippen LogP contribution is 2.22. The topological polar surface area (TPSA) is 60.2 Å². The Kier molecular flexibility index (Phi) is 5.22. The first-order valence-electron chi connectivity index (χ1n) is 6.52. The van der Waals surface area contributed by atoms with E-state index in [4.69, 9.17) is 0 Å². The molecule has 0 N–H and O–H groups in total. The molecule has 0 aromatic heterocycles. The van der Waals surface area contributed by atoms with E-state index >= 15 is 0 Å². The molecule has 4 nitrogen and oxygen atoms in total. The van der Waals surface area contributed by atoms with E-state index in [1.54, 1.807) is 24.3 Å². The van der Waals surface area contributed by atoms with Gasteiger partial charge in [0.2, 0.25) is 6.54 Å². The zero-order valence-corrected chi connectivity index (χ0v) is 12.8. The van der Waals surface area contributed by atoms with E-state index in [1.165, 1.54) is 0 Å². The number of carbonyl (C=O) groups excluding carboxylic acids is 1. The molecular formula is C16H14BrNO3. The van der Waals surface area contributed by atoms with Gasteiger partial charge in [-0.1, -0.05) is 58.4 Å². The van der Waals surface area contributed by atoms with Crippen LogP contribution >= 0.6 is 15.9 Å². The third kappa shape index (κ3) is 4.49. The molecule has 0 radical (unpaired) electrons. The van der Waals surface area contributed by atoms with E-state index in [1.807, 2.05) is 30.3 Å². The Morgan fingerprint density at radius 1 is 1.10 bits per heavy atom. The number of rotatable bonds is 6. The number of halogens is 1. The number of nitrogens with zero attached hydrogens (tertiary/aromatic N) is 1. The molecule has 2 aromatic carbocycles. The first kappa shape index (κ1) is 15.4. The fraction of sp³-hybridized carbons (Fsp3) is 0.188. The Labute approximate surface area is 131 Å². The van der Waals surface area contributed by atoms with Gasteiger partial charge in [-0.05, 0) is 17.7 Å². The summed E-state index contributed by atoms with van der Waals surface area (Å²) in [5.41, 5.74) is 1.39. The summed E-state index contributed by atoms with van der Waals surface area (Å²) in [5.74, 6) is -0.490. The molecule has 2 rings (SSSR count). The molecule has 2 aromatic rings. The van der Waals surface area contributed by atoms with Gasteiger partial charge in [-0.3, -0.25) is 14.9 Å². The van der Waals surface area contributed by atoms with Gasteiger partial charge in [0.25, 0.3) is 0 Å². The largest absolute Gasteiger partial charge is 0.294 e. The normalized spacial score (nSPS) is 11.9. The average Bonchev–Trinajstić information content (AvgIpc) is 2.47. The Bertz CT molecular complexity index is 626. The van der Waals surface area contributed by atoms with Gasteiger partial charge in [0, 0.05) is 21.4 Å². The minimum absolute atomic E-state index is 0.0850.